The average Bonchev–Trinajstić information content (AvgIpc) is 2.47. The van der Waals surface area contributed by atoms with E-state index < -0.39 is 0 Å². The molecule has 1 saturated heterocycles. The zero-order valence-electron chi connectivity index (χ0n) is 10.8. The van der Waals surface area contributed by atoms with Gasteiger partial charge in [0.05, 0.1) is 0 Å². The molecule has 1 aromatic carbocycles. The van der Waals surface area contributed by atoms with E-state index in [-0.39, 0.29) is 5.91 Å². The molecule has 1 aromatic rings. The second kappa shape index (κ2) is 5.13. The Kier molecular flexibility index (Phi) is 3.35. The number of piperidine rings is 1. The van der Waals surface area contributed by atoms with Crippen molar-refractivity contribution in [3.8, 4) is 0 Å². The summed E-state index contributed by atoms with van der Waals surface area (Å²) in [6, 6.07) is 10.3. The molecule has 2 aliphatic rings. The van der Waals surface area contributed by atoms with Crippen LogP contribution in [-0.4, -0.2) is 23.4 Å². The van der Waals surface area contributed by atoms with E-state index in [1.165, 1.54) is 38.5 Å². The summed E-state index contributed by atoms with van der Waals surface area (Å²) in [6.45, 7) is 0.953. The maximum absolute atomic E-state index is 12.6. The molecule has 1 saturated carbocycles. The van der Waals surface area contributed by atoms with Gasteiger partial charge in [0.2, 0.25) is 0 Å². The highest BCUT2D eigenvalue weighted by atomic mass is 16.2. The Labute approximate surface area is 109 Å². The van der Waals surface area contributed by atoms with Gasteiger partial charge in [0.25, 0.3) is 5.91 Å². The molecule has 1 heterocycles. The third-order valence-corrected chi connectivity index (χ3v) is 4.52. The molecular weight excluding hydrogens is 222 g/mol. The molecule has 1 aliphatic heterocycles. The summed E-state index contributed by atoms with van der Waals surface area (Å²) < 4.78 is 0. The highest BCUT2D eigenvalue weighted by molar-refractivity contribution is 5.94. The van der Waals surface area contributed by atoms with Gasteiger partial charge >= 0.3 is 0 Å². The molecule has 2 fully saturated rings. The largest absolute Gasteiger partial charge is 0.335 e. The summed E-state index contributed by atoms with van der Waals surface area (Å²) in [4.78, 5) is 14.7. The zero-order valence-corrected chi connectivity index (χ0v) is 10.8. The van der Waals surface area contributed by atoms with Crippen LogP contribution < -0.4 is 0 Å². The van der Waals surface area contributed by atoms with Crippen LogP contribution in [0.25, 0.3) is 0 Å². The number of nitrogens with zero attached hydrogens (tertiary/aromatic N) is 1. The molecule has 3 rings (SSSR count). The van der Waals surface area contributed by atoms with Gasteiger partial charge in [-0.05, 0) is 43.7 Å². The van der Waals surface area contributed by atoms with Crippen LogP contribution in [0.3, 0.4) is 0 Å². The molecular formula is C16H21NO. The van der Waals surface area contributed by atoms with Gasteiger partial charge in [-0.1, -0.05) is 31.0 Å². The standard InChI is InChI=1S/C16H21NO/c18-16(14-8-2-1-3-9-14)17-12-6-10-13-7-4-5-11-15(13)17/h1-3,8-9,13,15H,4-7,10-12H2/t13-,15+/m0/s1. The van der Waals surface area contributed by atoms with Gasteiger partial charge in [0, 0.05) is 18.2 Å². The normalized spacial score (nSPS) is 27.7. The van der Waals surface area contributed by atoms with Crippen molar-refractivity contribution in [3.05, 3.63) is 35.9 Å². The number of fused-ring (bicyclic) bond motifs is 1. The molecule has 96 valence electrons. The van der Waals surface area contributed by atoms with Crippen molar-refractivity contribution in [2.24, 2.45) is 5.92 Å². The van der Waals surface area contributed by atoms with Crippen molar-refractivity contribution in [1.29, 1.82) is 0 Å². The highest BCUT2D eigenvalue weighted by Gasteiger charge is 2.35. The molecule has 2 nitrogen and oxygen atoms in total. The molecule has 0 bridgehead atoms. The van der Waals surface area contributed by atoms with Gasteiger partial charge in [0.1, 0.15) is 0 Å². The molecule has 1 aliphatic carbocycles. The van der Waals surface area contributed by atoms with E-state index in [9.17, 15) is 4.79 Å². The minimum Gasteiger partial charge on any atom is -0.335 e. The second-order valence-electron chi connectivity index (χ2n) is 5.62. The lowest BCUT2D eigenvalue weighted by molar-refractivity contribution is 0.0390. The van der Waals surface area contributed by atoms with E-state index in [0.717, 1.165) is 18.0 Å². The molecule has 0 unspecified atom stereocenters. The quantitative estimate of drug-likeness (QED) is 0.739. The molecule has 0 radical (unpaired) electrons. The summed E-state index contributed by atoms with van der Waals surface area (Å²) in [5.41, 5.74) is 0.851. The first-order valence-electron chi connectivity index (χ1n) is 7.22. The van der Waals surface area contributed by atoms with Gasteiger partial charge in [-0.25, -0.2) is 0 Å². The van der Waals surface area contributed by atoms with Gasteiger partial charge < -0.3 is 4.90 Å². The number of amides is 1. The lowest BCUT2D eigenvalue weighted by atomic mass is 9.78. The van der Waals surface area contributed by atoms with E-state index in [2.05, 4.69) is 4.90 Å². The Morgan fingerprint density at radius 1 is 1.00 bits per heavy atom. The van der Waals surface area contributed by atoms with Crippen LogP contribution in [0.15, 0.2) is 30.3 Å². The van der Waals surface area contributed by atoms with Gasteiger partial charge in [-0.2, -0.15) is 0 Å². The van der Waals surface area contributed by atoms with E-state index in [1.54, 1.807) is 0 Å². The fourth-order valence-corrected chi connectivity index (χ4v) is 3.62. The van der Waals surface area contributed by atoms with E-state index in [4.69, 9.17) is 0 Å². The number of likely N-dealkylation sites (tertiary alicyclic amines) is 1. The summed E-state index contributed by atoms with van der Waals surface area (Å²) in [7, 11) is 0. The van der Waals surface area contributed by atoms with Crippen LogP contribution >= 0.6 is 0 Å². The van der Waals surface area contributed by atoms with Crippen molar-refractivity contribution in [3.63, 3.8) is 0 Å². The Hall–Kier alpha value is -1.31. The predicted octanol–water partition coefficient (Wildman–Crippen LogP) is 3.48. The van der Waals surface area contributed by atoms with Gasteiger partial charge in [-0.15, -0.1) is 0 Å². The van der Waals surface area contributed by atoms with Crippen LogP contribution in [0.5, 0.6) is 0 Å². The summed E-state index contributed by atoms with van der Waals surface area (Å²) in [5.74, 6) is 1.01. The van der Waals surface area contributed by atoms with Gasteiger partial charge in [0.15, 0.2) is 0 Å². The molecule has 0 N–H and O–H groups in total. The van der Waals surface area contributed by atoms with E-state index in [0.29, 0.717) is 6.04 Å². The third-order valence-electron chi connectivity index (χ3n) is 4.52. The fourth-order valence-electron chi connectivity index (χ4n) is 3.62. The second-order valence-corrected chi connectivity index (χ2v) is 5.62. The van der Waals surface area contributed by atoms with E-state index >= 15 is 0 Å². The first kappa shape index (κ1) is 11.8. The van der Waals surface area contributed by atoms with E-state index in [1.807, 2.05) is 30.3 Å². The number of hydrogen-bond donors (Lipinski definition) is 0. The van der Waals surface area contributed by atoms with Gasteiger partial charge in [-0.3, -0.25) is 4.79 Å². The Morgan fingerprint density at radius 2 is 1.72 bits per heavy atom. The predicted molar refractivity (Wildman–Crippen MR) is 72.5 cm³/mol. The lowest BCUT2D eigenvalue weighted by Gasteiger charge is -2.44. The minimum atomic E-state index is 0.243. The molecule has 18 heavy (non-hydrogen) atoms. The van der Waals surface area contributed by atoms with Crippen molar-refractivity contribution in [1.82, 2.24) is 4.90 Å². The summed E-state index contributed by atoms with van der Waals surface area (Å²) >= 11 is 0. The third kappa shape index (κ3) is 2.16. The number of hydrogen-bond acceptors (Lipinski definition) is 1. The van der Waals surface area contributed by atoms with Crippen LogP contribution in [0, 0.1) is 5.92 Å². The zero-order chi connectivity index (χ0) is 12.4. The summed E-state index contributed by atoms with van der Waals surface area (Å²) in [6.07, 6.45) is 7.68. The molecule has 0 spiro atoms. The molecule has 1 amide bonds. The number of carbonyl (C=O) groups is 1. The maximum Gasteiger partial charge on any atom is 0.254 e. The number of carbonyl (C=O) groups excluding carboxylic acids is 1. The first-order chi connectivity index (χ1) is 8.86. The Morgan fingerprint density at radius 3 is 2.56 bits per heavy atom. The molecule has 2 heteroatoms. The molecule has 0 aromatic heterocycles. The highest BCUT2D eigenvalue weighted by Crippen LogP contribution is 2.35. The van der Waals surface area contributed by atoms with Crippen molar-refractivity contribution < 1.29 is 4.79 Å². The fraction of sp³-hybridized carbons (Fsp3) is 0.562. The van der Waals surface area contributed by atoms with Crippen LogP contribution in [0.4, 0.5) is 0 Å². The van der Waals surface area contributed by atoms with Crippen LogP contribution in [-0.2, 0) is 0 Å². The topological polar surface area (TPSA) is 20.3 Å². The molecule has 2 atom stereocenters. The van der Waals surface area contributed by atoms with Crippen molar-refractivity contribution in [2.75, 3.05) is 6.54 Å². The van der Waals surface area contributed by atoms with Crippen molar-refractivity contribution >= 4 is 5.91 Å². The lowest BCUT2D eigenvalue weighted by Crippen LogP contribution is -2.49. The monoisotopic (exact) mass is 243 g/mol. The SMILES string of the molecule is O=C(c1ccccc1)N1CCC[C@@H]2CCCC[C@H]21. The number of benzene rings is 1. The Bertz CT molecular complexity index is 412. The van der Waals surface area contributed by atoms with Crippen molar-refractivity contribution in [2.45, 2.75) is 44.6 Å². The number of rotatable bonds is 1. The van der Waals surface area contributed by atoms with Crippen LogP contribution in [0.1, 0.15) is 48.9 Å². The Balaban J connectivity index is 1.80. The minimum absolute atomic E-state index is 0.243. The summed E-state index contributed by atoms with van der Waals surface area (Å²) in [5, 5.41) is 0. The van der Waals surface area contributed by atoms with Crippen LogP contribution in [0.2, 0.25) is 0 Å². The maximum atomic E-state index is 12.6. The average molecular weight is 243 g/mol. The smallest absolute Gasteiger partial charge is 0.254 e. The first-order valence-corrected chi connectivity index (χ1v) is 7.22.